The summed E-state index contributed by atoms with van der Waals surface area (Å²) in [6.45, 7) is 14.1. The van der Waals surface area contributed by atoms with Crippen LogP contribution in [0.25, 0.3) is 22.2 Å². The second kappa shape index (κ2) is 10.6. The van der Waals surface area contributed by atoms with Crippen LogP contribution < -0.4 is 0 Å². The summed E-state index contributed by atoms with van der Waals surface area (Å²) in [5.41, 5.74) is 1.29. The molecule has 1 aromatic heterocycles. The van der Waals surface area contributed by atoms with E-state index in [0.717, 1.165) is 0 Å². The highest BCUT2D eigenvalue weighted by atomic mass is 32.1. The molecular weight excluding hydrogens is 248 g/mol. The Morgan fingerprint density at radius 3 is 2.26 bits per heavy atom. The Balaban J connectivity index is 0.000000573. The van der Waals surface area contributed by atoms with Gasteiger partial charge in [0.2, 0.25) is 0 Å². The maximum Gasteiger partial charge on any atom is 0.0355 e. The predicted octanol–water partition coefficient (Wildman–Crippen LogP) is 7.02. The van der Waals surface area contributed by atoms with Crippen molar-refractivity contribution in [1.29, 1.82) is 0 Å². The number of thiophene rings is 1. The summed E-state index contributed by atoms with van der Waals surface area (Å²) < 4.78 is 1.33. The third-order valence-electron chi connectivity index (χ3n) is 2.18. The molecule has 2 rings (SSSR count). The van der Waals surface area contributed by atoms with E-state index in [9.17, 15) is 0 Å². The van der Waals surface area contributed by atoms with Gasteiger partial charge in [0.25, 0.3) is 0 Å². The van der Waals surface area contributed by atoms with E-state index in [4.69, 9.17) is 0 Å². The highest BCUT2D eigenvalue weighted by Gasteiger charge is 2.05. The standard InChI is InChI=1S/C13H12S.C3H8.C2H6/c1-3-7-10-11-8-5-6-9-13(11)14-12(10)4-2;1-3-2;1-2/h3-9H,2H2,1H3;3H2,1-2H3;1-2H3/b7-3-;;. The van der Waals surface area contributed by atoms with Crippen LogP contribution in [-0.2, 0) is 0 Å². The van der Waals surface area contributed by atoms with Crippen LogP contribution in [0.3, 0.4) is 0 Å². The minimum Gasteiger partial charge on any atom is -0.135 e. The van der Waals surface area contributed by atoms with E-state index >= 15 is 0 Å². The Morgan fingerprint density at radius 1 is 1.16 bits per heavy atom. The van der Waals surface area contributed by atoms with Gasteiger partial charge in [-0.15, -0.1) is 11.3 Å². The molecule has 1 heterocycles. The Morgan fingerprint density at radius 2 is 1.74 bits per heavy atom. The van der Waals surface area contributed by atoms with Gasteiger partial charge < -0.3 is 0 Å². The smallest absolute Gasteiger partial charge is 0.0355 e. The predicted molar refractivity (Wildman–Crippen MR) is 93.9 cm³/mol. The molecule has 0 saturated heterocycles. The second-order valence-electron chi connectivity index (χ2n) is 3.79. The molecular formula is C18H26S. The zero-order valence-electron chi connectivity index (χ0n) is 12.9. The SMILES string of the molecule is C=Cc1sc2ccccc2c1/C=C\C.CC.CCC. The van der Waals surface area contributed by atoms with Crippen LogP contribution in [0.4, 0.5) is 0 Å². The summed E-state index contributed by atoms with van der Waals surface area (Å²) in [7, 11) is 0. The Kier molecular flexibility index (Phi) is 9.82. The fourth-order valence-electron chi connectivity index (χ4n) is 1.57. The third-order valence-corrected chi connectivity index (χ3v) is 3.36. The lowest BCUT2D eigenvalue weighted by molar-refractivity contribution is 1.09. The number of fused-ring (bicyclic) bond motifs is 1. The first-order valence-corrected chi connectivity index (χ1v) is 7.86. The molecule has 0 fully saturated rings. The molecule has 1 aromatic carbocycles. The molecule has 2 aromatic rings. The minimum atomic E-state index is 1.25. The van der Waals surface area contributed by atoms with E-state index in [1.807, 2.05) is 26.8 Å². The van der Waals surface area contributed by atoms with Crippen LogP contribution in [0.1, 0.15) is 51.5 Å². The number of allylic oxidation sites excluding steroid dienone is 1. The number of rotatable bonds is 2. The van der Waals surface area contributed by atoms with Crippen LogP contribution in [0.15, 0.2) is 36.9 Å². The number of hydrogen-bond donors (Lipinski definition) is 0. The zero-order valence-corrected chi connectivity index (χ0v) is 13.7. The summed E-state index contributed by atoms with van der Waals surface area (Å²) in [5, 5.41) is 1.32. The van der Waals surface area contributed by atoms with Crippen molar-refractivity contribution >= 4 is 33.6 Å². The molecule has 0 saturated carbocycles. The van der Waals surface area contributed by atoms with E-state index in [0.29, 0.717) is 0 Å². The lowest BCUT2D eigenvalue weighted by Crippen LogP contribution is -1.70. The summed E-state index contributed by atoms with van der Waals surface area (Å²) in [6, 6.07) is 8.47. The minimum absolute atomic E-state index is 1.25. The van der Waals surface area contributed by atoms with Gasteiger partial charge in [-0.2, -0.15) is 0 Å². The van der Waals surface area contributed by atoms with Crippen molar-refractivity contribution < 1.29 is 0 Å². The average Bonchev–Trinajstić information content (AvgIpc) is 2.81. The van der Waals surface area contributed by atoms with Gasteiger partial charge >= 0.3 is 0 Å². The van der Waals surface area contributed by atoms with Gasteiger partial charge in [-0.1, -0.05) is 77.1 Å². The van der Waals surface area contributed by atoms with Gasteiger partial charge in [-0.3, -0.25) is 0 Å². The van der Waals surface area contributed by atoms with Gasteiger partial charge in [-0.25, -0.2) is 0 Å². The van der Waals surface area contributed by atoms with Gasteiger partial charge in [-0.05, 0) is 18.6 Å². The Hall–Kier alpha value is -1.34. The van der Waals surface area contributed by atoms with E-state index in [-0.39, 0.29) is 0 Å². The molecule has 1 heteroatoms. The van der Waals surface area contributed by atoms with Crippen molar-refractivity contribution in [3.05, 3.63) is 47.4 Å². The van der Waals surface area contributed by atoms with E-state index < -0.39 is 0 Å². The van der Waals surface area contributed by atoms with E-state index in [1.165, 1.54) is 26.9 Å². The average molecular weight is 274 g/mol. The van der Waals surface area contributed by atoms with E-state index in [1.54, 1.807) is 11.3 Å². The quantitative estimate of drug-likeness (QED) is 0.552. The van der Waals surface area contributed by atoms with Gasteiger partial charge in [0, 0.05) is 15.0 Å². The largest absolute Gasteiger partial charge is 0.135 e. The monoisotopic (exact) mass is 274 g/mol. The second-order valence-corrected chi connectivity index (χ2v) is 4.87. The van der Waals surface area contributed by atoms with Crippen LogP contribution in [0, 0.1) is 0 Å². The van der Waals surface area contributed by atoms with Crippen molar-refractivity contribution in [2.75, 3.05) is 0 Å². The maximum absolute atomic E-state index is 3.85. The molecule has 0 radical (unpaired) electrons. The van der Waals surface area contributed by atoms with Crippen molar-refractivity contribution in [2.24, 2.45) is 0 Å². The van der Waals surface area contributed by atoms with Crippen molar-refractivity contribution in [3.63, 3.8) is 0 Å². The van der Waals surface area contributed by atoms with Crippen LogP contribution in [-0.4, -0.2) is 0 Å². The molecule has 0 unspecified atom stereocenters. The molecule has 0 nitrogen and oxygen atoms in total. The third kappa shape index (κ3) is 5.04. The molecule has 0 aliphatic rings. The topological polar surface area (TPSA) is 0 Å². The van der Waals surface area contributed by atoms with Crippen molar-refractivity contribution in [3.8, 4) is 0 Å². The lowest BCUT2D eigenvalue weighted by atomic mass is 10.1. The maximum atomic E-state index is 3.85. The molecule has 0 atom stereocenters. The summed E-state index contributed by atoms with van der Waals surface area (Å²) in [4.78, 5) is 1.25. The highest BCUT2D eigenvalue weighted by molar-refractivity contribution is 7.20. The first-order valence-electron chi connectivity index (χ1n) is 7.05. The molecule has 104 valence electrons. The Bertz CT molecular complexity index is 503. The molecule has 0 N–H and O–H groups in total. The lowest BCUT2D eigenvalue weighted by Gasteiger charge is -1.92. The summed E-state index contributed by atoms with van der Waals surface area (Å²) in [5.74, 6) is 0. The fourth-order valence-corrected chi connectivity index (χ4v) is 2.62. The molecule has 0 spiro atoms. The molecule has 0 amide bonds. The molecule has 19 heavy (non-hydrogen) atoms. The fraction of sp³-hybridized carbons (Fsp3) is 0.333. The summed E-state index contributed by atoms with van der Waals surface area (Å²) in [6.07, 6.45) is 7.40. The molecule has 0 aliphatic heterocycles. The van der Waals surface area contributed by atoms with Crippen LogP contribution in [0.5, 0.6) is 0 Å². The van der Waals surface area contributed by atoms with E-state index in [2.05, 4.69) is 56.8 Å². The molecule has 0 bridgehead atoms. The van der Waals surface area contributed by atoms with Gasteiger partial charge in [0.05, 0.1) is 0 Å². The Labute approximate surface area is 122 Å². The first-order chi connectivity index (χ1) is 9.28. The van der Waals surface area contributed by atoms with Crippen molar-refractivity contribution in [2.45, 2.75) is 41.0 Å². The molecule has 0 aliphatic carbocycles. The first kappa shape index (κ1) is 17.7. The normalized spacial score (nSPS) is 9.53. The van der Waals surface area contributed by atoms with Crippen LogP contribution in [0.2, 0.25) is 0 Å². The van der Waals surface area contributed by atoms with Gasteiger partial charge in [0.1, 0.15) is 0 Å². The van der Waals surface area contributed by atoms with Crippen LogP contribution >= 0.6 is 11.3 Å². The van der Waals surface area contributed by atoms with Crippen molar-refractivity contribution in [1.82, 2.24) is 0 Å². The highest BCUT2D eigenvalue weighted by Crippen LogP contribution is 2.32. The van der Waals surface area contributed by atoms with Gasteiger partial charge in [0.15, 0.2) is 0 Å². The number of hydrogen-bond acceptors (Lipinski definition) is 1. The zero-order chi connectivity index (χ0) is 14.7. The summed E-state index contributed by atoms with van der Waals surface area (Å²) >= 11 is 1.79. The number of benzene rings is 1.